The van der Waals surface area contributed by atoms with Gasteiger partial charge in [0.05, 0.1) is 0 Å². The van der Waals surface area contributed by atoms with Crippen LogP contribution in [0.1, 0.15) is 32.0 Å². The van der Waals surface area contributed by atoms with Crippen LogP contribution in [0.5, 0.6) is 0 Å². The first kappa shape index (κ1) is 18.3. The molecule has 2 amide bonds. The van der Waals surface area contributed by atoms with Crippen molar-refractivity contribution < 1.29 is 14.0 Å². The molecule has 27 heavy (non-hydrogen) atoms. The van der Waals surface area contributed by atoms with Crippen LogP contribution < -0.4 is 10.6 Å². The summed E-state index contributed by atoms with van der Waals surface area (Å²) in [6, 6.07) is 18.4. The van der Waals surface area contributed by atoms with Gasteiger partial charge in [-0.3, -0.25) is 14.6 Å². The number of benzene rings is 2. The second-order valence-corrected chi connectivity index (χ2v) is 5.91. The number of nitrogens with one attached hydrogen (secondary N) is 2. The largest absolute Gasteiger partial charge is 0.348 e. The van der Waals surface area contributed by atoms with E-state index in [9.17, 15) is 14.0 Å². The Kier molecular flexibility index (Phi) is 5.89. The Balaban J connectivity index is 1.59. The summed E-state index contributed by atoms with van der Waals surface area (Å²) in [4.78, 5) is 28.6. The Morgan fingerprint density at radius 1 is 0.815 bits per heavy atom. The quantitative estimate of drug-likeness (QED) is 0.707. The number of aromatic nitrogens is 1. The third-order valence-corrected chi connectivity index (χ3v) is 3.92. The molecule has 2 N–H and O–H groups in total. The molecule has 1 heterocycles. The molecule has 0 radical (unpaired) electrons. The molecule has 3 rings (SSSR count). The monoisotopic (exact) mass is 363 g/mol. The summed E-state index contributed by atoms with van der Waals surface area (Å²) < 4.78 is 12.9. The van der Waals surface area contributed by atoms with E-state index in [0.29, 0.717) is 12.1 Å². The Morgan fingerprint density at radius 3 is 2.15 bits per heavy atom. The summed E-state index contributed by atoms with van der Waals surface area (Å²) in [5.41, 5.74) is 2.25. The average Bonchev–Trinajstić information content (AvgIpc) is 2.72. The lowest BCUT2D eigenvalue weighted by molar-refractivity contribution is 0.0946. The molecule has 0 saturated carbocycles. The number of nitrogens with zero attached hydrogens (tertiary/aromatic N) is 1. The molecule has 0 aliphatic heterocycles. The third kappa shape index (κ3) is 5.22. The summed E-state index contributed by atoms with van der Waals surface area (Å²) in [7, 11) is 0. The molecule has 0 aliphatic carbocycles. The number of carbonyl (C=O) groups excluding carboxylic acids is 2. The first-order valence-corrected chi connectivity index (χ1v) is 8.42. The molecule has 2 aromatic carbocycles. The fraction of sp³-hybridized carbons (Fsp3) is 0.0952. The molecule has 0 fully saturated rings. The number of hydrogen-bond donors (Lipinski definition) is 2. The molecule has 3 aromatic rings. The highest BCUT2D eigenvalue weighted by molar-refractivity contribution is 5.98. The van der Waals surface area contributed by atoms with Crippen molar-refractivity contribution in [2.45, 2.75) is 13.1 Å². The molecule has 1 aromatic heterocycles. The van der Waals surface area contributed by atoms with Gasteiger partial charge >= 0.3 is 0 Å². The predicted molar refractivity (Wildman–Crippen MR) is 99.4 cm³/mol. The highest BCUT2D eigenvalue weighted by atomic mass is 19.1. The zero-order valence-electron chi connectivity index (χ0n) is 14.5. The minimum Gasteiger partial charge on any atom is -0.348 e. The normalized spacial score (nSPS) is 10.3. The van der Waals surface area contributed by atoms with Crippen molar-refractivity contribution in [2.75, 3.05) is 0 Å². The zero-order chi connectivity index (χ0) is 19.1. The van der Waals surface area contributed by atoms with E-state index in [-0.39, 0.29) is 24.0 Å². The van der Waals surface area contributed by atoms with Gasteiger partial charge in [-0.2, -0.15) is 0 Å². The molecule has 0 saturated heterocycles. The van der Waals surface area contributed by atoms with Crippen LogP contribution in [0.25, 0.3) is 0 Å². The summed E-state index contributed by atoms with van der Waals surface area (Å²) in [5, 5.41) is 5.51. The maximum Gasteiger partial charge on any atom is 0.270 e. The van der Waals surface area contributed by atoms with Crippen molar-refractivity contribution in [1.82, 2.24) is 15.6 Å². The Bertz CT molecular complexity index is 928. The number of amides is 2. The van der Waals surface area contributed by atoms with E-state index in [1.165, 1.54) is 24.4 Å². The Labute approximate surface area is 156 Å². The standard InChI is InChI=1S/C21H18FN3O2/c22-18-8-6-16(7-9-18)14-25-21(27)19-12-17(10-11-23-19)20(26)24-13-15-4-2-1-3-5-15/h1-12H,13-14H2,(H,24,26)(H,25,27). The van der Waals surface area contributed by atoms with Gasteiger partial charge in [0.15, 0.2) is 0 Å². The van der Waals surface area contributed by atoms with Crippen molar-refractivity contribution in [3.63, 3.8) is 0 Å². The molecular formula is C21H18FN3O2. The van der Waals surface area contributed by atoms with Crippen LogP contribution in [-0.4, -0.2) is 16.8 Å². The van der Waals surface area contributed by atoms with Gasteiger partial charge in [-0.25, -0.2) is 4.39 Å². The van der Waals surface area contributed by atoms with Gasteiger partial charge in [0.2, 0.25) is 0 Å². The van der Waals surface area contributed by atoms with Crippen molar-refractivity contribution >= 4 is 11.8 Å². The number of carbonyl (C=O) groups is 2. The van der Waals surface area contributed by atoms with Crippen molar-refractivity contribution in [2.24, 2.45) is 0 Å². The van der Waals surface area contributed by atoms with E-state index in [4.69, 9.17) is 0 Å². The number of halogens is 1. The van der Waals surface area contributed by atoms with E-state index < -0.39 is 5.91 Å². The van der Waals surface area contributed by atoms with Crippen molar-refractivity contribution in [1.29, 1.82) is 0 Å². The molecule has 0 aliphatic rings. The lowest BCUT2D eigenvalue weighted by atomic mass is 10.2. The fourth-order valence-corrected chi connectivity index (χ4v) is 2.45. The summed E-state index contributed by atoms with van der Waals surface area (Å²) in [5.74, 6) is -1.02. The van der Waals surface area contributed by atoms with E-state index in [0.717, 1.165) is 11.1 Å². The van der Waals surface area contributed by atoms with Crippen LogP contribution in [0.15, 0.2) is 72.9 Å². The second kappa shape index (κ2) is 8.71. The fourth-order valence-electron chi connectivity index (χ4n) is 2.45. The molecule has 0 bridgehead atoms. The van der Waals surface area contributed by atoms with Gasteiger partial charge < -0.3 is 10.6 Å². The highest BCUT2D eigenvalue weighted by Crippen LogP contribution is 2.06. The van der Waals surface area contributed by atoms with Crippen molar-refractivity contribution in [3.05, 3.63) is 101 Å². The van der Waals surface area contributed by atoms with Gasteiger partial charge in [-0.15, -0.1) is 0 Å². The van der Waals surface area contributed by atoms with Gasteiger partial charge in [0.25, 0.3) is 11.8 Å². The molecule has 5 nitrogen and oxygen atoms in total. The minimum absolute atomic E-state index is 0.143. The molecule has 6 heteroatoms. The van der Waals surface area contributed by atoms with Gasteiger partial charge in [0, 0.05) is 24.8 Å². The lowest BCUT2D eigenvalue weighted by Gasteiger charge is -2.08. The average molecular weight is 363 g/mol. The maximum atomic E-state index is 12.9. The molecular weight excluding hydrogens is 345 g/mol. The van der Waals surface area contributed by atoms with Gasteiger partial charge in [-0.1, -0.05) is 42.5 Å². The van der Waals surface area contributed by atoms with Crippen LogP contribution >= 0.6 is 0 Å². The smallest absolute Gasteiger partial charge is 0.270 e. The number of hydrogen-bond acceptors (Lipinski definition) is 3. The van der Waals surface area contributed by atoms with Crippen molar-refractivity contribution in [3.8, 4) is 0 Å². The maximum absolute atomic E-state index is 12.9. The van der Waals surface area contributed by atoms with Crippen LogP contribution in [0.2, 0.25) is 0 Å². The van der Waals surface area contributed by atoms with E-state index in [1.54, 1.807) is 18.2 Å². The van der Waals surface area contributed by atoms with E-state index >= 15 is 0 Å². The predicted octanol–water partition coefficient (Wildman–Crippen LogP) is 3.08. The summed E-state index contributed by atoms with van der Waals surface area (Å²) >= 11 is 0. The molecule has 136 valence electrons. The lowest BCUT2D eigenvalue weighted by Crippen LogP contribution is -2.26. The summed E-state index contributed by atoms with van der Waals surface area (Å²) in [6.07, 6.45) is 1.42. The topological polar surface area (TPSA) is 71.1 Å². The molecule has 0 spiro atoms. The summed E-state index contributed by atoms with van der Waals surface area (Å²) in [6.45, 7) is 0.638. The SMILES string of the molecule is O=C(NCc1ccccc1)c1ccnc(C(=O)NCc2ccc(F)cc2)c1. The van der Waals surface area contributed by atoms with Crippen LogP contribution in [0.3, 0.4) is 0 Å². The molecule has 0 atom stereocenters. The van der Waals surface area contributed by atoms with E-state index in [1.807, 2.05) is 30.3 Å². The Morgan fingerprint density at radius 2 is 1.44 bits per heavy atom. The number of pyridine rings is 1. The highest BCUT2D eigenvalue weighted by Gasteiger charge is 2.11. The van der Waals surface area contributed by atoms with Crippen LogP contribution in [0, 0.1) is 5.82 Å². The zero-order valence-corrected chi connectivity index (χ0v) is 14.5. The molecule has 0 unspecified atom stereocenters. The Hall–Kier alpha value is -3.54. The first-order valence-electron chi connectivity index (χ1n) is 8.42. The van der Waals surface area contributed by atoms with Crippen LogP contribution in [0.4, 0.5) is 4.39 Å². The first-order chi connectivity index (χ1) is 13.1. The van der Waals surface area contributed by atoms with Gasteiger partial charge in [-0.05, 0) is 35.4 Å². The van der Waals surface area contributed by atoms with Gasteiger partial charge in [0.1, 0.15) is 11.5 Å². The van der Waals surface area contributed by atoms with Crippen LogP contribution in [-0.2, 0) is 13.1 Å². The minimum atomic E-state index is -0.406. The second-order valence-electron chi connectivity index (χ2n) is 5.91. The number of rotatable bonds is 6. The van der Waals surface area contributed by atoms with E-state index in [2.05, 4.69) is 15.6 Å². The third-order valence-electron chi connectivity index (χ3n) is 3.92.